The van der Waals surface area contributed by atoms with Crippen LogP contribution in [-0.2, 0) is 46.7 Å². The number of benzene rings is 2. The molecular formula is C62H101N25O7. The average Bonchev–Trinajstić information content (AvgIpc) is 1.96. The SMILES string of the molecule is CC12CNCCNCC(N)(CNCCNC1)CNCCNC2.CC12CNCCNCC(NC(=O)CCCC(=O)NCc3ccc(-c4nncnn4)cc3)(CNCCNC1)CNCCNC2.O=C(CCCC(=O)ON1C(=O)CCC1=O)NCc1ccc(-c2nncnn2)cc1. The first-order chi connectivity index (χ1) is 45.6. The average molecular weight is 1310 g/mol. The number of rotatable bonds is 16. The number of hydroxylamine groups is 2. The fraction of sp³-hybridized carbons (Fsp3) is 0.645. The van der Waals surface area contributed by atoms with Gasteiger partial charge in [0.25, 0.3) is 11.8 Å². The smallest absolute Gasteiger partial charge is 0.333 e. The van der Waals surface area contributed by atoms with Gasteiger partial charge >= 0.3 is 5.97 Å². The minimum absolute atomic E-state index is 0.0433. The summed E-state index contributed by atoms with van der Waals surface area (Å²) in [5.41, 5.74) is 9.58. The molecule has 0 saturated carbocycles. The Morgan fingerprint density at radius 3 is 1.11 bits per heavy atom. The van der Waals surface area contributed by atoms with Gasteiger partial charge in [-0.05, 0) is 24.0 Å². The Morgan fingerprint density at radius 2 is 0.755 bits per heavy atom. The molecule has 32 nitrogen and oxygen atoms in total. The van der Waals surface area contributed by atoms with E-state index in [2.05, 4.69) is 134 Å². The summed E-state index contributed by atoms with van der Waals surface area (Å²) in [6.07, 6.45) is 3.95. The summed E-state index contributed by atoms with van der Waals surface area (Å²) in [5, 5.41) is 82.8. The minimum atomic E-state index is -0.718. The minimum Gasteiger partial charge on any atom is -0.352 e. The molecular weight excluding hydrogens is 1210 g/mol. The van der Waals surface area contributed by atoms with E-state index in [1.54, 1.807) is 12.1 Å². The molecule has 7 saturated heterocycles. The van der Waals surface area contributed by atoms with Crippen LogP contribution in [0.15, 0.2) is 61.2 Å². The van der Waals surface area contributed by atoms with Gasteiger partial charge in [0.2, 0.25) is 29.4 Å². The predicted octanol–water partition coefficient (Wildman–Crippen LogP) is -4.27. The number of carbonyl (C=O) groups excluding carboxylic acids is 6. The van der Waals surface area contributed by atoms with Crippen molar-refractivity contribution in [2.45, 2.75) is 89.4 Å². The summed E-state index contributed by atoms with van der Waals surface area (Å²) in [6.45, 7) is 26.4. The normalized spacial score (nSPS) is 24.1. The lowest BCUT2D eigenvalue weighted by atomic mass is 9.90. The summed E-state index contributed by atoms with van der Waals surface area (Å²) < 4.78 is 0. The lowest BCUT2D eigenvalue weighted by Gasteiger charge is -2.37. The molecule has 5 amide bonds. The third kappa shape index (κ3) is 27.6. The third-order valence-electron chi connectivity index (χ3n) is 16.4. The van der Waals surface area contributed by atoms with Crippen molar-refractivity contribution >= 4 is 35.5 Å². The van der Waals surface area contributed by atoms with Crippen molar-refractivity contribution in [3.05, 3.63) is 72.3 Å². The van der Waals surface area contributed by atoms with Crippen LogP contribution in [0.1, 0.15) is 76.3 Å². The van der Waals surface area contributed by atoms with Crippen molar-refractivity contribution in [1.29, 1.82) is 0 Å². The highest BCUT2D eigenvalue weighted by atomic mass is 16.7. The number of imide groups is 1. The van der Waals surface area contributed by atoms with Crippen LogP contribution >= 0.6 is 0 Å². The van der Waals surface area contributed by atoms with E-state index < -0.39 is 23.3 Å². The number of carbonyl (C=O) groups is 6. The highest BCUT2D eigenvalue weighted by Gasteiger charge is 2.34. The number of hydrogen-bond acceptors (Lipinski definition) is 28. The first kappa shape index (κ1) is 74.2. The Bertz CT molecular complexity index is 2770. The second-order valence-electron chi connectivity index (χ2n) is 25.4. The Morgan fingerprint density at radius 1 is 0.447 bits per heavy atom. The maximum absolute atomic E-state index is 13.1. The van der Waals surface area contributed by atoms with E-state index in [1.165, 1.54) is 12.7 Å². The van der Waals surface area contributed by atoms with E-state index in [1.807, 2.05) is 36.4 Å². The van der Waals surface area contributed by atoms with Crippen LogP contribution < -0.4 is 85.5 Å². The van der Waals surface area contributed by atoms with Gasteiger partial charge < -0.3 is 90.3 Å². The zero-order valence-corrected chi connectivity index (χ0v) is 54.8. The lowest BCUT2D eigenvalue weighted by molar-refractivity contribution is -0.197. The van der Waals surface area contributed by atoms with Crippen molar-refractivity contribution in [2.24, 2.45) is 16.6 Å². The second kappa shape index (κ2) is 40.3. The first-order valence-corrected chi connectivity index (χ1v) is 33.0. The summed E-state index contributed by atoms with van der Waals surface area (Å²) in [7, 11) is 0. The molecule has 0 unspecified atom stereocenters. The van der Waals surface area contributed by atoms with E-state index in [0.717, 1.165) is 160 Å². The number of aromatic nitrogens is 8. The van der Waals surface area contributed by atoms with Crippen molar-refractivity contribution in [3.8, 4) is 22.8 Å². The van der Waals surface area contributed by atoms with Gasteiger partial charge in [0, 0.05) is 231 Å². The van der Waals surface area contributed by atoms with Crippen LogP contribution in [0.25, 0.3) is 22.8 Å². The molecule has 11 rings (SSSR count). The van der Waals surface area contributed by atoms with Crippen LogP contribution in [0, 0.1) is 10.8 Å². The number of hydrogen-bond donors (Lipinski definition) is 16. The molecule has 0 aliphatic carbocycles. The fourth-order valence-electron chi connectivity index (χ4n) is 11.0. The van der Waals surface area contributed by atoms with Gasteiger partial charge in [-0.2, -0.15) is 0 Å². The molecule has 4 aromatic rings. The molecule has 94 heavy (non-hydrogen) atoms. The monoisotopic (exact) mass is 1310 g/mol. The Kier molecular flexibility index (Phi) is 31.8. The summed E-state index contributed by atoms with van der Waals surface area (Å²) >= 11 is 0. The molecule has 9 heterocycles. The highest BCUT2D eigenvalue weighted by Crippen LogP contribution is 2.18. The van der Waals surface area contributed by atoms with Crippen molar-refractivity contribution < 1.29 is 33.6 Å². The van der Waals surface area contributed by atoms with E-state index in [-0.39, 0.29) is 79.0 Å². The van der Waals surface area contributed by atoms with Crippen LogP contribution in [0.2, 0.25) is 0 Å². The highest BCUT2D eigenvalue weighted by molar-refractivity contribution is 6.01. The Hall–Kier alpha value is -7.18. The standard InChI is InChI=1S/C29H48N12O2.C18H18N6O5.C15H35N7/c1-28-16-30-9-12-33-19-29(20-34-13-10-31-17-28,21-35-14-11-32-18-28)39-26(43)4-2-3-25(42)36-15-23-5-7-24(8-6-23)27-40-37-22-38-41-27;25-14(2-1-3-17(28)29-24-15(26)8-9-16(24)27)19-10-12-4-6-13(7-5-12)18-22-20-11-21-23-18;1-14-8-17-2-5-20-11-15(16,12-21-6-3-18-9-14)13-22-7-4-19-10-14/h5-8,22,30-35H,2-4,9-21H2,1H3,(H,36,42)(H,39,43);4-7,11H,1-3,8-10H2,(H,19,25);17-22H,2-13,16H2,1H3. The maximum atomic E-state index is 13.1. The Balaban J connectivity index is 0.000000212. The van der Waals surface area contributed by atoms with Crippen molar-refractivity contribution in [2.75, 3.05) is 157 Å². The summed E-state index contributed by atoms with van der Waals surface area (Å²) in [4.78, 5) is 76.7. The van der Waals surface area contributed by atoms with Gasteiger partial charge in [-0.15, -0.1) is 45.9 Å². The fourth-order valence-corrected chi connectivity index (χ4v) is 11.0. The van der Waals surface area contributed by atoms with E-state index in [0.29, 0.717) is 55.9 Å². The quantitative estimate of drug-likeness (QED) is 0.0472. The topological polar surface area (TPSA) is 424 Å². The van der Waals surface area contributed by atoms with Crippen LogP contribution in [0.5, 0.6) is 0 Å². The first-order valence-electron chi connectivity index (χ1n) is 33.0. The van der Waals surface area contributed by atoms with E-state index in [4.69, 9.17) is 10.6 Å². The number of nitrogens with two attached hydrogens (primary N) is 1. The van der Waals surface area contributed by atoms with Gasteiger partial charge in [0.05, 0.1) is 11.1 Å². The van der Waals surface area contributed by atoms with Crippen LogP contribution in [-0.4, -0.2) is 250 Å². The zero-order chi connectivity index (χ0) is 66.6. The van der Waals surface area contributed by atoms with Gasteiger partial charge in [0.1, 0.15) is 0 Å². The summed E-state index contributed by atoms with van der Waals surface area (Å²) in [6, 6.07) is 14.8. The molecule has 7 fully saturated rings. The van der Waals surface area contributed by atoms with Gasteiger partial charge in [-0.25, -0.2) is 4.79 Å². The number of nitrogens with zero attached hydrogens (tertiary/aromatic N) is 9. The van der Waals surface area contributed by atoms with Crippen molar-refractivity contribution in [3.63, 3.8) is 0 Å². The molecule has 2 aromatic carbocycles. The molecule has 0 atom stereocenters. The molecule has 0 radical (unpaired) electrons. The second-order valence-corrected chi connectivity index (χ2v) is 25.4. The molecule has 32 heteroatoms. The lowest BCUT2D eigenvalue weighted by Crippen LogP contribution is -2.66. The van der Waals surface area contributed by atoms with Crippen LogP contribution in [0.4, 0.5) is 0 Å². The van der Waals surface area contributed by atoms with Crippen LogP contribution in [0.3, 0.4) is 0 Å². The van der Waals surface area contributed by atoms with E-state index in [9.17, 15) is 28.8 Å². The third-order valence-corrected chi connectivity index (χ3v) is 16.4. The molecule has 4 bridgehead atoms. The number of nitrogens with one attached hydrogen (secondary N) is 15. The number of fused-ring (bicyclic) bond motifs is 30. The zero-order valence-electron chi connectivity index (χ0n) is 54.8. The van der Waals surface area contributed by atoms with E-state index >= 15 is 0 Å². The maximum Gasteiger partial charge on any atom is 0.333 e. The predicted molar refractivity (Wildman–Crippen MR) is 353 cm³/mol. The molecule has 17 N–H and O–H groups in total. The summed E-state index contributed by atoms with van der Waals surface area (Å²) in [5.74, 6) is -1.28. The van der Waals surface area contributed by atoms with Crippen molar-refractivity contribution in [1.82, 2.24) is 126 Å². The van der Waals surface area contributed by atoms with Gasteiger partial charge in [-0.3, -0.25) is 24.0 Å². The molecule has 516 valence electrons. The Labute approximate surface area is 550 Å². The van der Waals surface area contributed by atoms with Gasteiger partial charge in [-0.1, -0.05) is 62.4 Å². The number of amides is 5. The van der Waals surface area contributed by atoms with Gasteiger partial charge in [0.15, 0.2) is 12.7 Å². The molecule has 7 aliphatic rings. The molecule has 2 aromatic heterocycles. The molecule has 0 spiro atoms. The largest absolute Gasteiger partial charge is 0.352 e. The molecule has 7 aliphatic heterocycles.